The summed E-state index contributed by atoms with van der Waals surface area (Å²) in [5.41, 5.74) is 3.38. The van der Waals surface area contributed by atoms with Gasteiger partial charge < -0.3 is 16.0 Å². The van der Waals surface area contributed by atoms with Crippen LogP contribution in [-0.2, 0) is 6.54 Å². The third-order valence-electron chi connectivity index (χ3n) is 5.59. The molecule has 1 aromatic carbocycles. The highest BCUT2D eigenvalue weighted by Gasteiger charge is 2.26. The fraction of sp³-hybridized carbons (Fsp3) is 0.500. The van der Waals surface area contributed by atoms with Crippen molar-refractivity contribution in [2.24, 2.45) is 0 Å². The molecular formula is C22H31N7. The van der Waals surface area contributed by atoms with E-state index in [1.807, 2.05) is 28.9 Å². The molecule has 3 heterocycles. The molecular weight excluding hydrogens is 362 g/mol. The number of rotatable bonds is 6. The van der Waals surface area contributed by atoms with Gasteiger partial charge in [-0.15, -0.1) is 0 Å². The number of hydrogen-bond donors (Lipinski definition) is 3. The van der Waals surface area contributed by atoms with Gasteiger partial charge in [0, 0.05) is 30.2 Å². The number of hydrogen-bond acceptors (Lipinski definition) is 6. The number of nitrogens with one attached hydrogen (secondary N) is 3. The molecule has 1 aliphatic heterocycles. The van der Waals surface area contributed by atoms with Crippen LogP contribution in [0.3, 0.4) is 0 Å². The van der Waals surface area contributed by atoms with Crippen molar-refractivity contribution in [1.29, 1.82) is 0 Å². The first-order valence-electron chi connectivity index (χ1n) is 10.5. The van der Waals surface area contributed by atoms with Gasteiger partial charge in [0.25, 0.3) is 0 Å². The van der Waals surface area contributed by atoms with Gasteiger partial charge in [-0.1, -0.05) is 44.2 Å². The standard InChI is InChI=1S/C22H31N7/c1-15(2)18-14-25-29-19(18)27-20(26-17-10-11-22(3,4)24-13-17)28-21(29)23-12-16-8-6-5-7-9-16/h5-9,14-15,17,24H,10-13H2,1-4H3,(H2,23,26,27,28). The van der Waals surface area contributed by atoms with Crippen LogP contribution in [0.25, 0.3) is 5.65 Å². The molecule has 1 fully saturated rings. The van der Waals surface area contributed by atoms with Gasteiger partial charge in [-0.2, -0.15) is 19.6 Å². The molecule has 29 heavy (non-hydrogen) atoms. The van der Waals surface area contributed by atoms with Crippen LogP contribution < -0.4 is 16.0 Å². The maximum atomic E-state index is 4.81. The summed E-state index contributed by atoms with van der Waals surface area (Å²) < 4.78 is 1.81. The third-order valence-corrected chi connectivity index (χ3v) is 5.59. The fourth-order valence-electron chi connectivity index (χ4n) is 3.69. The minimum Gasteiger partial charge on any atom is -0.350 e. The summed E-state index contributed by atoms with van der Waals surface area (Å²) in [6, 6.07) is 10.6. The minimum absolute atomic E-state index is 0.196. The van der Waals surface area contributed by atoms with Crippen molar-refractivity contribution >= 4 is 17.5 Å². The second-order valence-corrected chi connectivity index (χ2v) is 8.84. The third kappa shape index (κ3) is 4.50. The molecule has 1 atom stereocenters. The average Bonchev–Trinajstić information content (AvgIpc) is 3.13. The van der Waals surface area contributed by atoms with Crippen LogP contribution in [0.5, 0.6) is 0 Å². The molecule has 1 aliphatic rings. The van der Waals surface area contributed by atoms with Crippen molar-refractivity contribution in [1.82, 2.24) is 24.9 Å². The Hall–Kier alpha value is -2.67. The van der Waals surface area contributed by atoms with Crippen LogP contribution in [-0.4, -0.2) is 37.7 Å². The van der Waals surface area contributed by atoms with Crippen LogP contribution in [0, 0.1) is 0 Å². The minimum atomic E-state index is 0.196. The summed E-state index contributed by atoms with van der Waals surface area (Å²) in [5, 5.41) is 15.1. The highest BCUT2D eigenvalue weighted by atomic mass is 15.4. The van der Waals surface area contributed by atoms with Crippen molar-refractivity contribution in [2.75, 3.05) is 17.2 Å². The first kappa shape index (κ1) is 19.6. The monoisotopic (exact) mass is 393 g/mol. The molecule has 0 radical (unpaired) electrons. The van der Waals surface area contributed by atoms with Crippen molar-refractivity contribution in [3.8, 4) is 0 Å². The van der Waals surface area contributed by atoms with Crippen molar-refractivity contribution < 1.29 is 0 Å². The van der Waals surface area contributed by atoms with Crippen LogP contribution in [0.4, 0.5) is 11.9 Å². The zero-order valence-corrected chi connectivity index (χ0v) is 17.7. The molecule has 7 heteroatoms. The predicted octanol–water partition coefficient (Wildman–Crippen LogP) is 3.80. The van der Waals surface area contributed by atoms with Crippen LogP contribution in [0.2, 0.25) is 0 Å². The first-order valence-corrected chi connectivity index (χ1v) is 10.5. The Morgan fingerprint density at radius 2 is 2.00 bits per heavy atom. The van der Waals surface area contributed by atoms with Gasteiger partial charge in [0.1, 0.15) is 0 Å². The van der Waals surface area contributed by atoms with E-state index in [9.17, 15) is 0 Å². The zero-order chi connectivity index (χ0) is 20.4. The van der Waals surface area contributed by atoms with Gasteiger partial charge in [-0.3, -0.25) is 0 Å². The van der Waals surface area contributed by atoms with Crippen molar-refractivity contribution in [3.63, 3.8) is 0 Å². The van der Waals surface area contributed by atoms with E-state index in [0.29, 0.717) is 30.4 Å². The van der Waals surface area contributed by atoms with Crippen LogP contribution >= 0.6 is 0 Å². The number of benzene rings is 1. The van der Waals surface area contributed by atoms with E-state index in [1.54, 1.807) is 0 Å². The Labute approximate surface area is 172 Å². The molecule has 4 rings (SSSR count). The summed E-state index contributed by atoms with van der Waals surface area (Å²) in [5.74, 6) is 1.70. The maximum Gasteiger partial charge on any atom is 0.229 e. The zero-order valence-electron chi connectivity index (χ0n) is 17.7. The first-order chi connectivity index (χ1) is 13.9. The lowest BCUT2D eigenvalue weighted by Crippen LogP contribution is -2.50. The number of fused-ring (bicyclic) bond motifs is 1. The normalized spacial score (nSPS) is 18.9. The summed E-state index contributed by atoms with van der Waals surface area (Å²) in [4.78, 5) is 9.57. The van der Waals surface area contributed by atoms with E-state index < -0.39 is 0 Å². The van der Waals surface area contributed by atoms with Gasteiger partial charge in [-0.25, -0.2) is 0 Å². The Morgan fingerprint density at radius 1 is 1.21 bits per heavy atom. The van der Waals surface area contributed by atoms with E-state index in [-0.39, 0.29) is 5.54 Å². The van der Waals surface area contributed by atoms with Crippen molar-refractivity contribution in [2.45, 2.75) is 64.6 Å². The molecule has 0 saturated carbocycles. The van der Waals surface area contributed by atoms with E-state index in [1.165, 1.54) is 5.56 Å². The van der Waals surface area contributed by atoms with Gasteiger partial charge in [0.15, 0.2) is 5.65 Å². The second-order valence-electron chi connectivity index (χ2n) is 8.84. The van der Waals surface area contributed by atoms with E-state index >= 15 is 0 Å². The van der Waals surface area contributed by atoms with Gasteiger partial charge >= 0.3 is 0 Å². The average molecular weight is 394 g/mol. The summed E-state index contributed by atoms with van der Waals surface area (Å²) in [6.07, 6.45) is 4.12. The number of anilines is 2. The smallest absolute Gasteiger partial charge is 0.229 e. The number of piperidine rings is 1. The number of aromatic nitrogens is 4. The molecule has 0 amide bonds. The van der Waals surface area contributed by atoms with Gasteiger partial charge in [0.05, 0.1) is 6.20 Å². The van der Waals surface area contributed by atoms with Crippen LogP contribution in [0.1, 0.15) is 57.6 Å². The van der Waals surface area contributed by atoms with E-state index in [0.717, 1.165) is 30.6 Å². The highest BCUT2D eigenvalue weighted by Crippen LogP contribution is 2.24. The topological polar surface area (TPSA) is 79.2 Å². The summed E-state index contributed by atoms with van der Waals surface area (Å²) >= 11 is 0. The Balaban J connectivity index is 1.61. The highest BCUT2D eigenvalue weighted by molar-refractivity contribution is 5.56. The molecule has 0 bridgehead atoms. The summed E-state index contributed by atoms with van der Waals surface area (Å²) in [7, 11) is 0. The Kier molecular flexibility index (Phi) is 5.41. The van der Waals surface area contributed by atoms with Gasteiger partial charge in [0.2, 0.25) is 11.9 Å². The van der Waals surface area contributed by atoms with E-state index in [4.69, 9.17) is 9.97 Å². The molecule has 7 nitrogen and oxygen atoms in total. The largest absolute Gasteiger partial charge is 0.350 e. The molecule has 3 aromatic rings. The lowest BCUT2D eigenvalue weighted by Gasteiger charge is -2.36. The van der Waals surface area contributed by atoms with E-state index in [2.05, 4.69) is 60.9 Å². The predicted molar refractivity (Wildman–Crippen MR) is 117 cm³/mol. The quantitative estimate of drug-likeness (QED) is 0.591. The SMILES string of the molecule is CC(C)c1cnn2c(NCc3ccccc3)nc(NC3CCC(C)(C)NC3)nc12. The Morgan fingerprint density at radius 3 is 2.69 bits per heavy atom. The number of nitrogens with zero attached hydrogens (tertiary/aromatic N) is 4. The molecule has 2 aromatic heterocycles. The lowest BCUT2D eigenvalue weighted by molar-refractivity contribution is 0.289. The molecule has 3 N–H and O–H groups in total. The maximum absolute atomic E-state index is 4.81. The van der Waals surface area contributed by atoms with Crippen LogP contribution in [0.15, 0.2) is 36.5 Å². The lowest BCUT2D eigenvalue weighted by atomic mass is 9.91. The Bertz CT molecular complexity index is 952. The van der Waals surface area contributed by atoms with Gasteiger partial charge in [-0.05, 0) is 38.2 Å². The summed E-state index contributed by atoms with van der Waals surface area (Å²) in [6.45, 7) is 10.4. The van der Waals surface area contributed by atoms with Crippen molar-refractivity contribution in [3.05, 3.63) is 47.7 Å². The molecule has 1 unspecified atom stereocenters. The fourth-order valence-corrected chi connectivity index (χ4v) is 3.69. The molecule has 0 spiro atoms. The molecule has 154 valence electrons. The molecule has 1 saturated heterocycles. The molecule has 0 aliphatic carbocycles. The second kappa shape index (κ2) is 7.99.